The molecule has 26 heavy (non-hydrogen) atoms. The van der Waals surface area contributed by atoms with Crippen LogP contribution in [0.2, 0.25) is 0 Å². The largest absolute Gasteiger partial charge is 0.506 e. The molecule has 0 saturated heterocycles. The van der Waals surface area contributed by atoms with Crippen LogP contribution < -0.4 is 0 Å². The van der Waals surface area contributed by atoms with Crippen molar-refractivity contribution in [2.75, 3.05) is 0 Å². The van der Waals surface area contributed by atoms with Gasteiger partial charge in [-0.1, -0.05) is 0 Å². The minimum atomic E-state index is -4.68. The first-order valence-electron chi connectivity index (χ1n) is 7.77. The molecule has 0 aliphatic heterocycles. The monoisotopic (exact) mass is 362 g/mol. The molecule has 1 fully saturated rings. The number of carbonyl (C=O) groups is 2. The number of nitrogens with zero attached hydrogens (tertiary/aromatic N) is 2. The quantitative estimate of drug-likeness (QED) is 0.500. The molecule has 2 aromatic rings. The van der Waals surface area contributed by atoms with Gasteiger partial charge in [-0.2, -0.15) is 13.2 Å². The number of alkyl halides is 3. The number of aliphatic hydroxyl groups is 1. The summed E-state index contributed by atoms with van der Waals surface area (Å²) in [4.78, 5) is 31.5. The maximum absolute atomic E-state index is 13.0. The van der Waals surface area contributed by atoms with E-state index < -0.39 is 29.2 Å². The van der Waals surface area contributed by atoms with Crippen LogP contribution in [0, 0.1) is 0 Å². The molecule has 1 aliphatic rings. The maximum atomic E-state index is 13.0. The standard InChI is InChI=1S/C18H13F3N2O3/c19-18(20,21)14-5-4-11(16(23-14)10-6-8-22-9-7-10)17(26)15-12(24)2-1-3-13(15)25/h4-9,26H,1-3H2. The lowest BCUT2D eigenvalue weighted by atomic mass is 9.89. The van der Waals surface area contributed by atoms with Crippen LogP contribution in [0.25, 0.3) is 17.0 Å². The van der Waals surface area contributed by atoms with Crippen molar-refractivity contribution < 1.29 is 27.9 Å². The summed E-state index contributed by atoms with van der Waals surface area (Å²) >= 11 is 0. The second-order valence-corrected chi connectivity index (χ2v) is 5.75. The number of halogens is 3. The van der Waals surface area contributed by atoms with Crippen LogP contribution in [0.3, 0.4) is 0 Å². The van der Waals surface area contributed by atoms with Gasteiger partial charge in [0.25, 0.3) is 0 Å². The Kier molecular flexibility index (Phi) is 4.58. The van der Waals surface area contributed by atoms with Gasteiger partial charge in [0.05, 0.1) is 5.69 Å². The van der Waals surface area contributed by atoms with E-state index >= 15 is 0 Å². The third-order valence-corrected chi connectivity index (χ3v) is 4.00. The molecule has 0 radical (unpaired) electrons. The molecule has 2 aromatic heterocycles. The zero-order chi connectivity index (χ0) is 18.9. The third kappa shape index (κ3) is 3.35. The van der Waals surface area contributed by atoms with E-state index in [1.165, 1.54) is 24.5 Å². The Morgan fingerprint density at radius 2 is 1.62 bits per heavy atom. The lowest BCUT2D eigenvalue weighted by Gasteiger charge is -2.17. The van der Waals surface area contributed by atoms with E-state index in [0.29, 0.717) is 12.5 Å². The fourth-order valence-corrected chi connectivity index (χ4v) is 2.75. The van der Waals surface area contributed by atoms with Crippen LogP contribution in [-0.2, 0) is 15.8 Å². The van der Waals surface area contributed by atoms with Gasteiger partial charge in [0, 0.05) is 36.4 Å². The molecule has 1 aliphatic carbocycles. The van der Waals surface area contributed by atoms with Crippen LogP contribution in [-0.4, -0.2) is 26.6 Å². The molecule has 5 nitrogen and oxygen atoms in total. The predicted molar refractivity (Wildman–Crippen MR) is 85.9 cm³/mol. The fraction of sp³-hybridized carbons (Fsp3) is 0.222. The molecule has 1 saturated carbocycles. The highest BCUT2D eigenvalue weighted by atomic mass is 19.4. The van der Waals surface area contributed by atoms with Crippen molar-refractivity contribution in [2.24, 2.45) is 0 Å². The van der Waals surface area contributed by atoms with Crippen molar-refractivity contribution in [3.63, 3.8) is 0 Å². The number of aromatic nitrogens is 2. The van der Waals surface area contributed by atoms with Gasteiger partial charge >= 0.3 is 6.18 Å². The lowest BCUT2D eigenvalue weighted by molar-refractivity contribution is -0.141. The number of rotatable bonds is 2. The Morgan fingerprint density at radius 3 is 2.19 bits per heavy atom. The number of hydrogen-bond donors (Lipinski definition) is 1. The van der Waals surface area contributed by atoms with E-state index in [1.54, 1.807) is 0 Å². The van der Waals surface area contributed by atoms with Gasteiger partial charge in [-0.05, 0) is 30.7 Å². The van der Waals surface area contributed by atoms with Crippen molar-refractivity contribution in [2.45, 2.75) is 25.4 Å². The number of ketones is 2. The van der Waals surface area contributed by atoms with Gasteiger partial charge in [-0.15, -0.1) is 0 Å². The number of aliphatic hydroxyl groups excluding tert-OH is 1. The van der Waals surface area contributed by atoms with Crippen molar-refractivity contribution in [3.8, 4) is 11.3 Å². The number of hydrogen-bond acceptors (Lipinski definition) is 5. The Morgan fingerprint density at radius 1 is 1.00 bits per heavy atom. The van der Waals surface area contributed by atoms with Crippen LogP contribution in [0.4, 0.5) is 13.2 Å². The molecule has 0 bridgehead atoms. The van der Waals surface area contributed by atoms with Gasteiger partial charge in [-0.25, -0.2) is 4.98 Å². The third-order valence-electron chi connectivity index (χ3n) is 4.00. The average Bonchev–Trinajstić information content (AvgIpc) is 2.61. The van der Waals surface area contributed by atoms with E-state index in [1.807, 2.05) is 0 Å². The normalized spacial score (nSPS) is 15.3. The van der Waals surface area contributed by atoms with Crippen molar-refractivity contribution >= 4 is 17.3 Å². The zero-order valence-corrected chi connectivity index (χ0v) is 13.4. The Labute approximate surface area is 146 Å². The lowest BCUT2D eigenvalue weighted by Crippen LogP contribution is -2.21. The Balaban J connectivity index is 2.24. The minimum Gasteiger partial charge on any atom is -0.506 e. The number of carbonyl (C=O) groups excluding carboxylic acids is 2. The predicted octanol–water partition coefficient (Wildman–Crippen LogP) is 3.75. The number of allylic oxidation sites excluding steroid dienone is 1. The van der Waals surface area contributed by atoms with Crippen molar-refractivity contribution in [1.29, 1.82) is 0 Å². The summed E-state index contributed by atoms with van der Waals surface area (Å²) in [7, 11) is 0. The molecule has 134 valence electrons. The van der Waals surface area contributed by atoms with Gasteiger partial charge in [0.2, 0.25) is 0 Å². The van der Waals surface area contributed by atoms with Gasteiger partial charge in [-0.3, -0.25) is 14.6 Å². The zero-order valence-electron chi connectivity index (χ0n) is 13.4. The molecule has 8 heteroatoms. The molecule has 0 aromatic carbocycles. The molecule has 1 N–H and O–H groups in total. The first kappa shape index (κ1) is 17.8. The maximum Gasteiger partial charge on any atom is 0.433 e. The average molecular weight is 362 g/mol. The Bertz CT molecular complexity index is 888. The summed E-state index contributed by atoms with van der Waals surface area (Å²) in [5, 5.41) is 10.5. The second-order valence-electron chi connectivity index (χ2n) is 5.75. The molecule has 0 amide bonds. The van der Waals surface area contributed by atoms with Gasteiger partial charge < -0.3 is 5.11 Å². The van der Waals surface area contributed by atoms with Crippen LogP contribution in [0.5, 0.6) is 0 Å². The van der Waals surface area contributed by atoms with E-state index in [2.05, 4.69) is 9.97 Å². The van der Waals surface area contributed by atoms with E-state index in [0.717, 1.165) is 6.07 Å². The molecule has 0 atom stereocenters. The highest BCUT2D eigenvalue weighted by Crippen LogP contribution is 2.34. The highest BCUT2D eigenvalue weighted by Gasteiger charge is 2.34. The first-order chi connectivity index (χ1) is 12.3. The summed E-state index contributed by atoms with van der Waals surface area (Å²) in [5.74, 6) is -1.70. The van der Waals surface area contributed by atoms with E-state index in [-0.39, 0.29) is 35.2 Å². The smallest absolute Gasteiger partial charge is 0.433 e. The summed E-state index contributed by atoms with van der Waals surface area (Å²) in [6.07, 6.45) is -1.37. The highest BCUT2D eigenvalue weighted by molar-refractivity contribution is 6.26. The van der Waals surface area contributed by atoms with Gasteiger partial charge in [0.1, 0.15) is 17.0 Å². The summed E-state index contributed by atoms with van der Waals surface area (Å²) < 4.78 is 39.1. The van der Waals surface area contributed by atoms with Crippen LogP contribution in [0.15, 0.2) is 42.2 Å². The minimum absolute atomic E-state index is 0.101. The van der Waals surface area contributed by atoms with Crippen LogP contribution >= 0.6 is 0 Å². The molecular weight excluding hydrogens is 349 g/mol. The molecule has 0 unspecified atom stereocenters. The molecule has 2 heterocycles. The van der Waals surface area contributed by atoms with Crippen molar-refractivity contribution in [3.05, 3.63) is 53.5 Å². The fourth-order valence-electron chi connectivity index (χ4n) is 2.75. The summed E-state index contributed by atoms with van der Waals surface area (Å²) in [6, 6.07) is 4.57. The Hall–Kier alpha value is -3.03. The van der Waals surface area contributed by atoms with Crippen molar-refractivity contribution in [1.82, 2.24) is 9.97 Å². The molecule has 0 spiro atoms. The van der Waals surface area contributed by atoms with Crippen LogP contribution in [0.1, 0.15) is 30.5 Å². The van der Waals surface area contributed by atoms with E-state index in [9.17, 15) is 27.9 Å². The summed E-state index contributed by atoms with van der Waals surface area (Å²) in [5.41, 5.74) is -1.55. The number of pyridine rings is 2. The SMILES string of the molecule is O=C1CCCC(=O)C1=C(O)c1ccc(C(F)(F)F)nc1-c1ccncc1. The topological polar surface area (TPSA) is 80.2 Å². The molecular formula is C18H13F3N2O3. The molecule has 3 rings (SSSR count). The second kappa shape index (κ2) is 6.70. The van der Waals surface area contributed by atoms with Gasteiger partial charge in [0.15, 0.2) is 11.6 Å². The summed E-state index contributed by atoms with van der Waals surface area (Å²) in [6.45, 7) is 0. The van der Waals surface area contributed by atoms with E-state index in [4.69, 9.17) is 0 Å². The first-order valence-corrected chi connectivity index (χ1v) is 7.77. The number of Topliss-reactive ketones (excluding diaryl/α,β-unsaturated/α-hetero) is 2.